The quantitative estimate of drug-likeness (QED) is 0.677. The van der Waals surface area contributed by atoms with Crippen LogP contribution in [0.15, 0.2) is 17.5 Å². The molecule has 0 aliphatic rings. The van der Waals surface area contributed by atoms with E-state index in [4.69, 9.17) is 0 Å². The summed E-state index contributed by atoms with van der Waals surface area (Å²) >= 11 is 1.72. The Hall–Kier alpha value is -0.630. The molecule has 0 bridgehead atoms. The lowest BCUT2D eigenvalue weighted by Gasteiger charge is -2.03. The van der Waals surface area contributed by atoms with Gasteiger partial charge in [-0.2, -0.15) is 0 Å². The Bertz CT molecular complexity index is 226. The lowest BCUT2D eigenvalue weighted by Crippen LogP contribution is -2.08. The number of carbonyl (C=O) groups is 1. The summed E-state index contributed by atoms with van der Waals surface area (Å²) in [5.41, 5.74) is 0. The van der Waals surface area contributed by atoms with Crippen LogP contribution in [0, 0.1) is 5.92 Å². The van der Waals surface area contributed by atoms with Gasteiger partial charge >= 0.3 is 0 Å². The van der Waals surface area contributed by atoms with E-state index in [1.54, 1.807) is 18.3 Å². The van der Waals surface area contributed by atoms with Gasteiger partial charge in [-0.1, -0.05) is 13.0 Å². The van der Waals surface area contributed by atoms with Crippen molar-refractivity contribution in [1.29, 1.82) is 0 Å². The maximum Gasteiger partial charge on any atom is 0.132 e. The fourth-order valence-corrected chi connectivity index (χ4v) is 1.71. The number of ketones is 1. The number of hydrogen-bond donors (Lipinski definition) is 0. The van der Waals surface area contributed by atoms with E-state index in [-0.39, 0.29) is 11.7 Å². The maximum atomic E-state index is 10.9. The van der Waals surface area contributed by atoms with E-state index in [9.17, 15) is 4.79 Å². The van der Waals surface area contributed by atoms with E-state index in [2.05, 4.69) is 6.07 Å². The first-order valence-corrected chi connectivity index (χ1v) is 4.61. The minimum atomic E-state index is 0.175. The second-order valence-corrected chi connectivity index (χ2v) is 3.83. The molecule has 0 aliphatic carbocycles. The molecule has 1 unspecified atom stereocenters. The number of rotatable bonds is 3. The van der Waals surface area contributed by atoms with Gasteiger partial charge in [0.25, 0.3) is 0 Å². The molecule has 1 aromatic heterocycles. The Kier molecular flexibility index (Phi) is 2.83. The minimum Gasteiger partial charge on any atom is -0.300 e. The molecular formula is C9H12OS. The molecule has 11 heavy (non-hydrogen) atoms. The Morgan fingerprint density at radius 2 is 2.45 bits per heavy atom. The fourth-order valence-electron chi connectivity index (χ4n) is 0.874. The Balaban J connectivity index is 2.50. The predicted octanol–water partition coefficient (Wildman–Crippen LogP) is 2.52. The third kappa shape index (κ3) is 2.46. The summed E-state index contributed by atoms with van der Waals surface area (Å²) in [4.78, 5) is 12.2. The third-order valence-electron chi connectivity index (χ3n) is 1.78. The molecule has 1 heterocycles. The van der Waals surface area contributed by atoms with Crippen LogP contribution in [0.3, 0.4) is 0 Å². The van der Waals surface area contributed by atoms with Crippen LogP contribution in [-0.2, 0) is 11.2 Å². The van der Waals surface area contributed by atoms with Crippen molar-refractivity contribution in [2.24, 2.45) is 5.92 Å². The molecule has 2 heteroatoms. The summed E-state index contributed by atoms with van der Waals surface area (Å²) in [7, 11) is 0. The molecule has 0 fully saturated rings. The molecule has 1 rings (SSSR count). The van der Waals surface area contributed by atoms with Crippen LogP contribution in [0.4, 0.5) is 0 Å². The molecule has 60 valence electrons. The van der Waals surface area contributed by atoms with Gasteiger partial charge in [-0.05, 0) is 24.8 Å². The van der Waals surface area contributed by atoms with Crippen molar-refractivity contribution >= 4 is 17.1 Å². The van der Waals surface area contributed by atoms with E-state index in [0.29, 0.717) is 0 Å². The molecular weight excluding hydrogens is 156 g/mol. The van der Waals surface area contributed by atoms with Crippen LogP contribution in [-0.4, -0.2) is 5.78 Å². The van der Waals surface area contributed by atoms with Gasteiger partial charge in [-0.25, -0.2) is 0 Å². The van der Waals surface area contributed by atoms with Crippen LogP contribution in [0.2, 0.25) is 0 Å². The number of hydrogen-bond acceptors (Lipinski definition) is 2. The van der Waals surface area contributed by atoms with Gasteiger partial charge in [0.2, 0.25) is 0 Å². The summed E-state index contributed by atoms with van der Waals surface area (Å²) in [6, 6.07) is 4.09. The highest BCUT2D eigenvalue weighted by Gasteiger charge is 2.08. The topological polar surface area (TPSA) is 17.1 Å². The first-order valence-electron chi connectivity index (χ1n) is 3.73. The van der Waals surface area contributed by atoms with Gasteiger partial charge in [0.05, 0.1) is 0 Å². The van der Waals surface area contributed by atoms with Gasteiger partial charge in [0.15, 0.2) is 0 Å². The summed E-state index contributed by atoms with van der Waals surface area (Å²) in [5, 5.41) is 2.04. The zero-order chi connectivity index (χ0) is 8.27. The monoisotopic (exact) mass is 168 g/mol. The maximum absolute atomic E-state index is 10.9. The highest BCUT2D eigenvalue weighted by Crippen LogP contribution is 2.14. The Morgan fingerprint density at radius 3 is 2.91 bits per heavy atom. The van der Waals surface area contributed by atoms with E-state index in [1.165, 1.54) is 4.88 Å². The molecule has 0 N–H and O–H groups in total. The predicted molar refractivity (Wildman–Crippen MR) is 47.9 cm³/mol. The van der Waals surface area contributed by atoms with Crippen LogP contribution in [0.25, 0.3) is 0 Å². The van der Waals surface area contributed by atoms with Crippen molar-refractivity contribution in [3.63, 3.8) is 0 Å². The van der Waals surface area contributed by atoms with Crippen molar-refractivity contribution in [1.82, 2.24) is 0 Å². The van der Waals surface area contributed by atoms with Crippen LogP contribution < -0.4 is 0 Å². The average molecular weight is 168 g/mol. The summed E-state index contributed by atoms with van der Waals surface area (Å²) < 4.78 is 0. The van der Waals surface area contributed by atoms with Crippen molar-refractivity contribution in [3.8, 4) is 0 Å². The van der Waals surface area contributed by atoms with Gasteiger partial charge in [-0.3, -0.25) is 4.79 Å². The van der Waals surface area contributed by atoms with E-state index >= 15 is 0 Å². The zero-order valence-corrected chi connectivity index (χ0v) is 7.65. The highest BCUT2D eigenvalue weighted by atomic mass is 32.1. The lowest BCUT2D eigenvalue weighted by molar-refractivity contribution is -0.120. The lowest BCUT2D eigenvalue weighted by atomic mass is 10.0. The highest BCUT2D eigenvalue weighted by molar-refractivity contribution is 7.09. The summed E-state index contributed by atoms with van der Waals surface area (Å²) in [6.45, 7) is 3.63. The summed E-state index contributed by atoms with van der Waals surface area (Å²) in [6.07, 6.45) is 0.896. The van der Waals surface area contributed by atoms with E-state index in [1.807, 2.05) is 18.4 Å². The molecule has 1 nitrogen and oxygen atoms in total. The van der Waals surface area contributed by atoms with Gasteiger partial charge < -0.3 is 0 Å². The Labute approximate surface area is 71.1 Å². The van der Waals surface area contributed by atoms with Crippen LogP contribution in [0.1, 0.15) is 18.7 Å². The van der Waals surface area contributed by atoms with Gasteiger partial charge in [0.1, 0.15) is 5.78 Å². The zero-order valence-electron chi connectivity index (χ0n) is 6.83. The molecule has 0 spiro atoms. The molecule has 0 aromatic carbocycles. The van der Waals surface area contributed by atoms with Crippen molar-refractivity contribution in [2.45, 2.75) is 20.3 Å². The second kappa shape index (κ2) is 3.67. The molecule has 0 aliphatic heterocycles. The average Bonchev–Trinajstić information content (AvgIpc) is 2.39. The van der Waals surface area contributed by atoms with Crippen molar-refractivity contribution in [3.05, 3.63) is 22.4 Å². The molecule has 0 saturated heterocycles. The van der Waals surface area contributed by atoms with E-state index < -0.39 is 0 Å². The third-order valence-corrected chi connectivity index (χ3v) is 2.68. The van der Waals surface area contributed by atoms with Gasteiger partial charge in [-0.15, -0.1) is 11.3 Å². The normalized spacial score (nSPS) is 12.9. The van der Waals surface area contributed by atoms with Crippen molar-refractivity contribution in [2.75, 3.05) is 0 Å². The fraction of sp³-hybridized carbons (Fsp3) is 0.444. The molecule has 0 radical (unpaired) electrons. The number of thiophene rings is 1. The van der Waals surface area contributed by atoms with E-state index in [0.717, 1.165) is 6.42 Å². The number of carbonyl (C=O) groups excluding carboxylic acids is 1. The minimum absolute atomic E-state index is 0.175. The SMILES string of the molecule is CC(=O)C(C)Cc1cccs1. The molecule has 0 saturated carbocycles. The van der Waals surface area contributed by atoms with Crippen LogP contribution in [0.5, 0.6) is 0 Å². The second-order valence-electron chi connectivity index (χ2n) is 2.80. The van der Waals surface area contributed by atoms with Crippen LogP contribution >= 0.6 is 11.3 Å². The first-order chi connectivity index (χ1) is 5.20. The largest absolute Gasteiger partial charge is 0.300 e. The molecule has 1 aromatic rings. The molecule has 1 atom stereocenters. The molecule has 0 amide bonds. The smallest absolute Gasteiger partial charge is 0.132 e. The van der Waals surface area contributed by atoms with Gasteiger partial charge in [0, 0.05) is 10.8 Å². The standard InChI is InChI=1S/C9H12OS/c1-7(8(2)10)6-9-4-3-5-11-9/h3-5,7H,6H2,1-2H3. The summed E-state index contributed by atoms with van der Waals surface area (Å²) in [5.74, 6) is 0.451. The Morgan fingerprint density at radius 1 is 1.73 bits per heavy atom. The number of Topliss-reactive ketones (excluding diaryl/α,β-unsaturated/α-hetero) is 1. The van der Waals surface area contributed by atoms with Crippen molar-refractivity contribution < 1.29 is 4.79 Å². The first kappa shape index (κ1) is 8.47.